The molecule has 0 aromatic rings. The third-order valence-corrected chi connectivity index (χ3v) is 1.71. The third-order valence-electron chi connectivity index (χ3n) is 1.71. The molecule has 1 amide bonds. The maximum absolute atomic E-state index is 11.0. The molecule has 0 aromatic heterocycles. The Bertz CT molecular complexity index is 233. The van der Waals surface area contributed by atoms with E-state index in [4.69, 9.17) is 5.11 Å². The van der Waals surface area contributed by atoms with E-state index >= 15 is 0 Å². The first-order valence-electron chi connectivity index (χ1n) is 3.85. The van der Waals surface area contributed by atoms with Crippen molar-refractivity contribution in [2.75, 3.05) is 13.2 Å². The maximum atomic E-state index is 11.0. The summed E-state index contributed by atoms with van der Waals surface area (Å²) >= 11 is 0. The standard InChI is InChI=1S/C8H12N2O2/c1-7-2-4-9-10(5-3-7)8(12)6-11/h2,4,11H,3,5-6H2,1H3. The lowest BCUT2D eigenvalue weighted by atomic mass is 10.2. The highest BCUT2D eigenvalue weighted by molar-refractivity contribution is 5.80. The summed E-state index contributed by atoms with van der Waals surface area (Å²) in [5.74, 6) is -0.352. The van der Waals surface area contributed by atoms with Crippen molar-refractivity contribution in [2.24, 2.45) is 5.10 Å². The van der Waals surface area contributed by atoms with Gasteiger partial charge in [0.25, 0.3) is 5.91 Å². The van der Waals surface area contributed by atoms with E-state index in [1.54, 1.807) is 6.21 Å². The lowest BCUT2D eigenvalue weighted by molar-refractivity contribution is -0.134. The number of hydrogen-bond donors (Lipinski definition) is 1. The number of hydrogen-bond acceptors (Lipinski definition) is 3. The molecular formula is C8H12N2O2. The van der Waals surface area contributed by atoms with Gasteiger partial charge in [0.05, 0.1) is 0 Å². The van der Waals surface area contributed by atoms with Gasteiger partial charge in [0.1, 0.15) is 6.61 Å². The number of allylic oxidation sites excluding steroid dienone is 1. The van der Waals surface area contributed by atoms with Crippen molar-refractivity contribution < 1.29 is 9.90 Å². The summed E-state index contributed by atoms with van der Waals surface area (Å²) in [6.07, 6.45) is 4.26. The Morgan fingerprint density at radius 1 is 1.83 bits per heavy atom. The summed E-state index contributed by atoms with van der Waals surface area (Å²) in [6, 6.07) is 0. The predicted octanol–water partition coefficient (Wildman–Crippen LogP) is 0.143. The Hall–Kier alpha value is -1.16. The molecule has 0 spiro atoms. The van der Waals surface area contributed by atoms with Gasteiger partial charge in [-0.15, -0.1) is 0 Å². The zero-order valence-corrected chi connectivity index (χ0v) is 7.03. The molecule has 12 heavy (non-hydrogen) atoms. The highest BCUT2D eigenvalue weighted by Gasteiger charge is 2.11. The smallest absolute Gasteiger partial charge is 0.268 e. The van der Waals surface area contributed by atoms with Crippen LogP contribution in [0.3, 0.4) is 0 Å². The van der Waals surface area contributed by atoms with Gasteiger partial charge < -0.3 is 5.11 Å². The molecule has 1 heterocycles. The molecule has 4 heteroatoms. The summed E-state index contributed by atoms with van der Waals surface area (Å²) in [4.78, 5) is 11.0. The highest BCUT2D eigenvalue weighted by Crippen LogP contribution is 2.05. The van der Waals surface area contributed by atoms with E-state index in [-0.39, 0.29) is 5.91 Å². The van der Waals surface area contributed by atoms with Crippen LogP contribution in [0.5, 0.6) is 0 Å². The summed E-state index contributed by atoms with van der Waals surface area (Å²) in [5, 5.41) is 13.7. The Labute approximate surface area is 71.2 Å². The summed E-state index contributed by atoms with van der Waals surface area (Å²) < 4.78 is 0. The maximum Gasteiger partial charge on any atom is 0.268 e. The summed E-state index contributed by atoms with van der Waals surface area (Å²) in [5.41, 5.74) is 1.19. The molecule has 0 fully saturated rings. The van der Waals surface area contributed by atoms with Crippen LogP contribution >= 0.6 is 0 Å². The van der Waals surface area contributed by atoms with Gasteiger partial charge in [0.15, 0.2) is 0 Å². The van der Waals surface area contributed by atoms with E-state index in [0.29, 0.717) is 6.54 Å². The topological polar surface area (TPSA) is 52.9 Å². The molecule has 0 radical (unpaired) electrons. The molecule has 4 nitrogen and oxygen atoms in total. The molecule has 1 aliphatic rings. The zero-order chi connectivity index (χ0) is 8.97. The Balaban J connectivity index is 2.57. The Kier molecular flexibility index (Phi) is 2.99. The monoisotopic (exact) mass is 168 g/mol. The number of carbonyl (C=O) groups is 1. The molecule has 0 saturated heterocycles. The van der Waals surface area contributed by atoms with Crippen LogP contribution < -0.4 is 0 Å². The quantitative estimate of drug-likeness (QED) is 0.605. The van der Waals surface area contributed by atoms with E-state index in [1.165, 1.54) is 10.6 Å². The largest absolute Gasteiger partial charge is 0.386 e. The predicted molar refractivity (Wildman–Crippen MR) is 45.7 cm³/mol. The SMILES string of the molecule is CC1=CC=NN(C(=O)CO)CC1. The fourth-order valence-corrected chi connectivity index (χ4v) is 0.935. The number of aliphatic hydroxyl groups excluding tert-OH is 1. The number of nitrogens with zero attached hydrogens (tertiary/aromatic N) is 2. The van der Waals surface area contributed by atoms with E-state index in [2.05, 4.69) is 5.10 Å². The molecule has 0 unspecified atom stereocenters. The van der Waals surface area contributed by atoms with Crippen molar-refractivity contribution in [3.05, 3.63) is 11.6 Å². The van der Waals surface area contributed by atoms with Crippen molar-refractivity contribution in [3.63, 3.8) is 0 Å². The molecule has 66 valence electrons. The van der Waals surface area contributed by atoms with E-state index < -0.39 is 6.61 Å². The second-order valence-electron chi connectivity index (χ2n) is 2.70. The third kappa shape index (κ3) is 2.17. The fourth-order valence-electron chi connectivity index (χ4n) is 0.935. The van der Waals surface area contributed by atoms with E-state index in [0.717, 1.165) is 6.42 Å². The lowest BCUT2D eigenvalue weighted by Gasteiger charge is -2.13. The van der Waals surface area contributed by atoms with E-state index in [9.17, 15) is 4.79 Å². The van der Waals surface area contributed by atoms with Crippen molar-refractivity contribution in [1.82, 2.24) is 5.01 Å². The van der Waals surface area contributed by atoms with Crippen LogP contribution in [0.4, 0.5) is 0 Å². The molecule has 1 aliphatic heterocycles. The van der Waals surface area contributed by atoms with Crippen LogP contribution in [0.1, 0.15) is 13.3 Å². The summed E-state index contributed by atoms with van der Waals surface area (Å²) in [6.45, 7) is 2.06. The molecule has 0 bridgehead atoms. The lowest BCUT2D eigenvalue weighted by Crippen LogP contribution is -2.28. The van der Waals surface area contributed by atoms with E-state index in [1.807, 2.05) is 13.0 Å². The fraction of sp³-hybridized carbons (Fsp3) is 0.500. The van der Waals surface area contributed by atoms with Crippen LogP contribution in [0, 0.1) is 0 Å². The van der Waals surface area contributed by atoms with Crippen LogP contribution in [0.25, 0.3) is 0 Å². The molecular weight excluding hydrogens is 156 g/mol. The minimum atomic E-state index is -0.476. The molecule has 1 rings (SSSR count). The first kappa shape index (κ1) is 8.93. The average Bonchev–Trinajstić information content (AvgIpc) is 2.29. The summed E-state index contributed by atoms with van der Waals surface area (Å²) in [7, 11) is 0. The second-order valence-corrected chi connectivity index (χ2v) is 2.70. The van der Waals surface area contributed by atoms with Crippen molar-refractivity contribution in [3.8, 4) is 0 Å². The molecule has 0 atom stereocenters. The van der Waals surface area contributed by atoms with Gasteiger partial charge >= 0.3 is 0 Å². The first-order valence-corrected chi connectivity index (χ1v) is 3.85. The normalized spacial score (nSPS) is 17.2. The van der Waals surface area contributed by atoms with Crippen LogP contribution in [0.15, 0.2) is 16.8 Å². The Morgan fingerprint density at radius 3 is 3.25 bits per heavy atom. The van der Waals surface area contributed by atoms with Gasteiger partial charge in [-0.25, -0.2) is 5.01 Å². The van der Waals surface area contributed by atoms with Gasteiger partial charge in [-0.05, 0) is 19.4 Å². The van der Waals surface area contributed by atoms with Crippen LogP contribution in [-0.4, -0.2) is 35.4 Å². The number of amides is 1. The molecule has 0 saturated carbocycles. The number of hydrazone groups is 1. The van der Waals surface area contributed by atoms with Crippen LogP contribution in [-0.2, 0) is 4.79 Å². The number of rotatable bonds is 1. The minimum absolute atomic E-state index is 0.352. The number of carbonyl (C=O) groups excluding carboxylic acids is 1. The van der Waals surface area contributed by atoms with Gasteiger partial charge in [0, 0.05) is 12.8 Å². The van der Waals surface area contributed by atoms with Gasteiger partial charge in [0.2, 0.25) is 0 Å². The van der Waals surface area contributed by atoms with Crippen LogP contribution in [0.2, 0.25) is 0 Å². The molecule has 0 aromatic carbocycles. The van der Waals surface area contributed by atoms with Crippen molar-refractivity contribution in [2.45, 2.75) is 13.3 Å². The molecule has 0 aliphatic carbocycles. The van der Waals surface area contributed by atoms with Gasteiger partial charge in [-0.1, -0.05) is 5.57 Å². The first-order chi connectivity index (χ1) is 5.74. The second kappa shape index (κ2) is 4.01. The van der Waals surface area contributed by atoms with Gasteiger partial charge in [-0.2, -0.15) is 5.10 Å². The average molecular weight is 168 g/mol. The van der Waals surface area contributed by atoms with Gasteiger partial charge in [-0.3, -0.25) is 4.79 Å². The van der Waals surface area contributed by atoms with Crippen molar-refractivity contribution >= 4 is 12.1 Å². The number of aliphatic hydroxyl groups is 1. The minimum Gasteiger partial charge on any atom is -0.386 e. The van der Waals surface area contributed by atoms with Crippen molar-refractivity contribution in [1.29, 1.82) is 0 Å². The zero-order valence-electron chi connectivity index (χ0n) is 7.03. The highest BCUT2D eigenvalue weighted by atomic mass is 16.3. The molecule has 1 N–H and O–H groups in total. The Morgan fingerprint density at radius 2 is 2.58 bits per heavy atom.